The van der Waals surface area contributed by atoms with Crippen molar-refractivity contribution in [1.82, 2.24) is 9.97 Å². The van der Waals surface area contributed by atoms with E-state index in [1.807, 2.05) is 31.2 Å². The highest BCUT2D eigenvalue weighted by molar-refractivity contribution is 6.03. The quantitative estimate of drug-likeness (QED) is 0.789. The van der Waals surface area contributed by atoms with Gasteiger partial charge in [-0.3, -0.25) is 4.79 Å². The summed E-state index contributed by atoms with van der Waals surface area (Å²) in [6.07, 6.45) is 2.60. The van der Waals surface area contributed by atoms with Gasteiger partial charge in [0, 0.05) is 25.0 Å². The summed E-state index contributed by atoms with van der Waals surface area (Å²) in [4.78, 5) is 23.5. The van der Waals surface area contributed by atoms with Crippen molar-refractivity contribution in [2.24, 2.45) is 0 Å². The Hall–Kier alpha value is -3.21. The molecule has 1 aromatic heterocycles. The predicted octanol–water partition coefficient (Wildman–Crippen LogP) is 3.60. The molecule has 5 heteroatoms. The third kappa shape index (κ3) is 3.42. The molecule has 1 aliphatic heterocycles. The van der Waals surface area contributed by atoms with E-state index in [1.54, 1.807) is 12.3 Å². The number of amides is 1. The largest absolute Gasteiger partial charge is 0.336 e. The van der Waals surface area contributed by atoms with Crippen molar-refractivity contribution in [2.75, 3.05) is 16.8 Å². The summed E-state index contributed by atoms with van der Waals surface area (Å²) >= 11 is 0. The molecular formula is C21H20N4O. The summed E-state index contributed by atoms with van der Waals surface area (Å²) in [6.45, 7) is 3.60. The van der Waals surface area contributed by atoms with Crippen LogP contribution in [0.5, 0.6) is 0 Å². The predicted molar refractivity (Wildman–Crippen MR) is 102 cm³/mol. The minimum atomic E-state index is -0.225. The molecule has 0 unspecified atom stereocenters. The number of nitrogens with one attached hydrogen (secondary N) is 1. The highest BCUT2D eigenvalue weighted by atomic mass is 16.1. The number of hydrogen-bond acceptors (Lipinski definition) is 4. The molecule has 26 heavy (non-hydrogen) atoms. The normalized spacial score (nSPS) is 13.2. The van der Waals surface area contributed by atoms with Gasteiger partial charge in [-0.2, -0.15) is 0 Å². The molecule has 1 aliphatic rings. The Morgan fingerprint density at radius 3 is 2.77 bits per heavy atom. The van der Waals surface area contributed by atoms with E-state index in [-0.39, 0.29) is 5.91 Å². The van der Waals surface area contributed by atoms with Gasteiger partial charge >= 0.3 is 0 Å². The first-order valence-electron chi connectivity index (χ1n) is 8.72. The van der Waals surface area contributed by atoms with Crippen LogP contribution in [-0.4, -0.2) is 22.4 Å². The minimum absolute atomic E-state index is 0.225. The SMILES string of the molecule is Cc1cccc(NC(=O)c2ccnc(N3CCc4ccccc4C3)n2)c1. The summed E-state index contributed by atoms with van der Waals surface area (Å²) in [5, 5.41) is 2.90. The number of carbonyl (C=O) groups excluding carboxylic acids is 1. The van der Waals surface area contributed by atoms with E-state index in [0.29, 0.717) is 11.6 Å². The van der Waals surface area contributed by atoms with Crippen molar-refractivity contribution in [3.8, 4) is 0 Å². The number of rotatable bonds is 3. The summed E-state index contributed by atoms with van der Waals surface area (Å²) in [7, 11) is 0. The molecule has 1 amide bonds. The smallest absolute Gasteiger partial charge is 0.274 e. The first-order valence-corrected chi connectivity index (χ1v) is 8.72. The van der Waals surface area contributed by atoms with Crippen LogP contribution in [0, 0.1) is 6.92 Å². The van der Waals surface area contributed by atoms with Crippen LogP contribution in [0.1, 0.15) is 27.2 Å². The Balaban J connectivity index is 1.53. The van der Waals surface area contributed by atoms with E-state index in [4.69, 9.17) is 0 Å². The molecule has 5 nitrogen and oxygen atoms in total. The molecule has 1 N–H and O–H groups in total. The first-order chi connectivity index (χ1) is 12.7. The molecule has 0 bridgehead atoms. The second-order valence-corrected chi connectivity index (χ2v) is 6.51. The lowest BCUT2D eigenvalue weighted by Crippen LogP contribution is -2.32. The number of anilines is 2. The van der Waals surface area contributed by atoms with Crippen LogP contribution < -0.4 is 10.2 Å². The molecule has 0 fully saturated rings. The van der Waals surface area contributed by atoms with Gasteiger partial charge in [0.05, 0.1) is 0 Å². The van der Waals surface area contributed by atoms with Crippen molar-refractivity contribution >= 4 is 17.5 Å². The molecular weight excluding hydrogens is 324 g/mol. The second kappa shape index (κ2) is 6.96. The lowest BCUT2D eigenvalue weighted by molar-refractivity contribution is 0.102. The Labute approximate surface area is 152 Å². The minimum Gasteiger partial charge on any atom is -0.336 e. The van der Waals surface area contributed by atoms with E-state index in [1.165, 1.54) is 11.1 Å². The lowest BCUT2D eigenvalue weighted by Gasteiger charge is -2.28. The van der Waals surface area contributed by atoms with Gasteiger partial charge in [0.1, 0.15) is 5.69 Å². The summed E-state index contributed by atoms with van der Waals surface area (Å²) in [6, 6.07) is 17.8. The molecule has 2 heterocycles. The number of nitrogens with zero attached hydrogens (tertiary/aromatic N) is 3. The van der Waals surface area contributed by atoms with Gasteiger partial charge < -0.3 is 10.2 Å². The van der Waals surface area contributed by atoms with Crippen molar-refractivity contribution in [3.05, 3.63) is 83.2 Å². The first kappa shape index (κ1) is 16.3. The van der Waals surface area contributed by atoms with Crippen LogP contribution in [0.25, 0.3) is 0 Å². The number of hydrogen-bond donors (Lipinski definition) is 1. The lowest BCUT2D eigenvalue weighted by atomic mass is 10.0. The molecule has 0 atom stereocenters. The van der Waals surface area contributed by atoms with Crippen molar-refractivity contribution in [3.63, 3.8) is 0 Å². The fourth-order valence-electron chi connectivity index (χ4n) is 3.21. The van der Waals surface area contributed by atoms with E-state index in [0.717, 1.165) is 30.8 Å². The molecule has 0 spiro atoms. The fourth-order valence-corrected chi connectivity index (χ4v) is 3.21. The van der Waals surface area contributed by atoms with Crippen LogP contribution in [0.15, 0.2) is 60.8 Å². The molecule has 0 saturated carbocycles. The van der Waals surface area contributed by atoms with E-state index >= 15 is 0 Å². The van der Waals surface area contributed by atoms with Gasteiger partial charge in [-0.15, -0.1) is 0 Å². The number of benzene rings is 2. The maximum Gasteiger partial charge on any atom is 0.274 e. The molecule has 0 radical (unpaired) electrons. The topological polar surface area (TPSA) is 58.1 Å². The fraction of sp³-hybridized carbons (Fsp3) is 0.190. The Kier molecular flexibility index (Phi) is 4.35. The standard InChI is InChI=1S/C21H20N4O/c1-15-5-4-8-18(13-15)23-20(26)19-9-11-22-21(24-19)25-12-10-16-6-2-3-7-17(16)14-25/h2-9,11,13H,10,12,14H2,1H3,(H,23,26). The molecule has 0 aliphatic carbocycles. The summed E-state index contributed by atoms with van der Waals surface area (Å²) in [5.74, 6) is 0.369. The third-order valence-corrected chi connectivity index (χ3v) is 4.56. The van der Waals surface area contributed by atoms with Gasteiger partial charge in [-0.05, 0) is 48.2 Å². The molecule has 2 aromatic carbocycles. The molecule has 4 rings (SSSR count). The van der Waals surface area contributed by atoms with Gasteiger partial charge in [0.15, 0.2) is 0 Å². The maximum absolute atomic E-state index is 12.5. The number of aryl methyl sites for hydroxylation is 1. The number of carbonyl (C=O) groups is 1. The average Bonchev–Trinajstić information content (AvgIpc) is 2.68. The van der Waals surface area contributed by atoms with Crippen LogP contribution in [0.2, 0.25) is 0 Å². The van der Waals surface area contributed by atoms with Gasteiger partial charge in [0.25, 0.3) is 5.91 Å². The molecule has 130 valence electrons. The van der Waals surface area contributed by atoms with Crippen molar-refractivity contribution in [2.45, 2.75) is 19.9 Å². The number of aromatic nitrogens is 2. The highest BCUT2D eigenvalue weighted by Gasteiger charge is 2.19. The van der Waals surface area contributed by atoms with E-state index < -0.39 is 0 Å². The molecule has 3 aromatic rings. The van der Waals surface area contributed by atoms with Gasteiger partial charge in [0.2, 0.25) is 5.95 Å². The highest BCUT2D eigenvalue weighted by Crippen LogP contribution is 2.22. The van der Waals surface area contributed by atoms with Crippen LogP contribution >= 0.6 is 0 Å². The van der Waals surface area contributed by atoms with Gasteiger partial charge in [-0.1, -0.05) is 36.4 Å². The zero-order valence-corrected chi connectivity index (χ0v) is 14.6. The monoisotopic (exact) mass is 344 g/mol. The van der Waals surface area contributed by atoms with E-state index in [9.17, 15) is 4.79 Å². The second-order valence-electron chi connectivity index (χ2n) is 6.51. The van der Waals surface area contributed by atoms with Crippen LogP contribution in [0.3, 0.4) is 0 Å². The zero-order chi connectivity index (χ0) is 17.9. The number of fused-ring (bicyclic) bond motifs is 1. The maximum atomic E-state index is 12.5. The van der Waals surface area contributed by atoms with Crippen molar-refractivity contribution in [1.29, 1.82) is 0 Å². The summed E-state index contributed by atoms with van der Waals surface area (Å²) in [5.41, 5.74) is 4.89. The summed E-state index contributed by atoms with van der Waals surface area (Å²) < 4.78 is 0. The Morgan fingerprint density at radius 2 is 1.92 bits per heavy atom. The van der Waals surface area contributed by atoms with Crippen molar-refractivity contribution < 1.29 is 4.79 Å². The molecule has 0 saturated heterocycles. The van der Waals surface area contributed by atoms with Crippen LogP contribution in [-0.2, 0) is 13.0 Å². The Bertz CT molecular complexity index is 954. The van der Waals surface area contributed by atoms with E-state index in [2.05, 4.69) is 44.5 Å². The third-order valence-electron chi connectivity index (χ3n) is 4.56. The Morgan fingerprint density at radius 1 is 1.08 bits per heavy atom. The van der Waals surface area contributed by atoms with Crippen LogP contribution in [0.4, 0.5) is 11.6 Å². The average molecular weight is 344 g/mol. The van der Waals surface area contributed by atoms with Gasteiger partial charge in [-0.25, -0.2) is 9.97 Å². The zero-order valence-electron chi connectivity index (χ0n) is 14.6.